The van der Waals surface area contributed by atoms with Crippen molar-refractivity contribution in [2.45, 2.75) is 38.0 Å². The zero-order valence-corrected chi connectivity index (χ0v) is 16.9. The van der Waals surface area contributed by atoms with E-state index in [4.69, 9.17) is 0 Å². The van der Waals surface area contributed by atoms with E-state index in [9.17, 15) is 13.0 Å². The van der Waals surface area contributed by atoms with E-state index in [1.807, 2.05) is 12.1 Å². The maximum Gasteiger partial charge on any atom is 1.00 e. The first-order valence-corrected chi connectivity index (χ1v) is 8.65. The Morgan fingerprint density at radius 2 is 1.91 bits per heavy atom. The van der Waals surface area contributed by atoms with Crippen LogP contribution in [0.2, 0.25) is 0 Å². The molecule has 0 atom stereocenters. The Bertz CT molecular complexity index is 930. The largest absolute Gasteiger partial charge is 1.00 e. The molecule has 0 saturated heterocycles. The Morgan fingerprint density at radius 1 is 1.26 bits per heavy atom. The van der Waals surface area contributed by atoms with Crippen LogP contribution in [-0.4, -0.2) is 29.8 Å². The van der Waals surface area contributed by atoms with E-state index in [1.54, 1.807) is 6.07 Å². The number of fused-ring (bicyclic) bond motifs is 3. The minimum absolute atomic E-state index is 0. The van der Waals surface area contributed by atoms with E-state index in [1.165, 1.54) is 6.07 Å². The fourth-order valence-corrected chi connectivity index (χ4v) is 4.12. The van der Waals surface area contributed by atoms with Crippen LogP contribution in [0.5, 0.6) is 0 Å². The standard InChI is InChI=1S/C17H19NO3S.Na/c1-5-18-11(2)17(3,4)16-13(18)10-9-12-7-6-8-14(15(12)16)22(19,20)21;/h7-10H,5H2,1-4H3,(H,19,20,21);/q;+1/p-1. The number of benzene rings is 2. The molecule has 0 N–H and O–H groups in total. The molecule has 1 heterocycles. The molecule has 0 radical (unpaired) electrons. The van der Waals surface area contributed by atoms with Crippen molar-refractivity contribution in [2.75, 3.05) is 6.54 Å². The van der Waals surface area contributed by atoms with Crippen molar-refractivity contribution in [3.05, 3.63) is 35.9 Å². The van der Waals surface area contributed by atoms with Crippen LogP contribution in [0.3, 0.4) is 0 Å². The van der Waals surface area contributed by atoms with E-state index in [2.05, 4.69) is 38.3 Å². The van der Waals surface area contributed by atoms with Gasteiger partial charge in [0.1, 0.15) is 6.54 Å². The third kappa shape index (κ3) is 2.68. The molecule has 0 saturated carbocycles. The van der Waals surface area contributed by atoms with Gasteiger partial charge in [0.15, 0.2) is 5.71 Å². The first-order chi connectivity index (χ1) is 10.2. The smallest absolute Gasteiger partial charge is 0.754 e. The molecule has 4 nitrogen and oxygen atoms in total. The van der Waals surface area contributed by atoms with E-state index < -0.39 is 10.1 Å². The third-order valence-corrected chi connectivity index (χ3v) is 5.59. The quantitative estimate of drug-likeness (QED) is 0.334. The summed E-state index contributed by atoms with van der Waals surface area (Å²) in [5, 5.41) is 1.26. The topological polar surface area (TPSA) is 60.2 Å². The molecule has 23 heavy (non-hydrogen) atoms. The van der Waals surface area contributed by atoms with E-state index in [-0.39, 0.29) is 39.9 Å². The molecule has 116 valence electrons. The van der Waals surface area contributed by atoms with Crippen molar-refractivity contribution in [1.29, 1.82) is 0 Å². The van der Waals surface area contributed by atoms with Crippen LogP contribution in [0, 0.1) is 6.07 Å². The fraction of sp³-hybridized carbons (Fsp3) is 0.353. The molecule has 0 aliphatic carbocycles. The number of hydrogen-bond donors (Lipinski definition) is 0. The molecule has 3 rings (SSSR count). The van der Waals surface area contributed by atoms with Gasteiger partial charge in [-0.2, -0.15) is 22.8 Å². The van der Waals surface area contributed by atoms with E-state index in [0.29, 0.717) is 5.39 Å². The second-order valence-electron chi connectivity index (χ2n) is 6.15. The van der Waals surface area contributed by atoms with E-state index >= 15 is 0 Å². The van der Waals surface area contributed by atoms with Crippen molar-refractivity contribution in [2.24, 2.45) is 0 Å². The molecule has 2 aromatic carbocycles. The summed E-state index contributed by atoms with van der Waals surface area (Å²) >= 11 is 0. The Labute approximate surface area is 159 Å². The molecule has 2 aromatic rings. The van der Waals surface area contributed by atoms with Crippen LogP contribution >= 0.6 is 0 Å². The number of nitrogens with zero attached hydrogens (tertiary/aromatic N) is 1. The molecular formula is C17H18NNaO3S. The van der Waals surface area contributed by atoms with Gasteiger partial charge >= 0.3 is 29.6 Å². The minimum atomic E-state index is -4.55. The Hall–Kier alpha value is -0.720. The van der Waals surface area contributed by atoms with Gasteiger partial charge in [-0.1, -0.05) is 0 Å². The average Bonchev–Trinajstić information content (AvgIpc) is 2.64. The SMILES string of the molecule is CC[N+]1=C(C)C(C)(C)c2c1ccc1c[c-]cc(S(=O)(=O)[O-])c21.[Na+]. The Kier molecular flexibility index (Phi) is 4.83. The van der Waals surface area contributed by atoms with Crippen LogP contribution in [0.4, 0.5) is 5.69 Å². The van der Waals surface area contributed by atoms with Crippen LogP contribution in [0.25, 0.3) is 10.8 Å². The zero-order valence-electron chi connectivity index (χ0n) is 14.1. The molecule has 0 spiro atoms. The van der Waals surface area contributed by atoms with Crippen LogP contribution in [0.1, 0.15) is 33.3 Å². The van der Waals surface area contributed by atoms with Gasteiger partial charge in [0.05, 0.1) is 15.5 Å². The third-order valence-electron chi connectivity index (χ3n) is 4.73. The van der Waals surface area contributed by atoms with Gasteiger partial charge in [0, 0.05) is 12.5 Å². The van der Waals surface area contributed by atoms with Crippen molar-refractivity contribution in [3.8, 4) is 0 Å². The molecule has 0 unspecified atom stereocenters. The Morgan fingerprint density at radius 3 is 2.48 bits per heavy atom. The van der Waals surface area contributed by atoms with Gasteiger partial charge in [0.25, 0.3) is 0 Å². The molecule has 0 fully saturated rings. The minimum Gasteiger partial charge on any atom is -0.754 e. The zero-order chi connectivity index (χ0) is 16.3. The summed E-state index contributed by atoms with van der Waals surface area (Å²) in [7, 11) is -4.55. The van der Waals surface area contributed by atoms with Gasteiger partial charge in [0.2, 0.25) is 5.69 Å². The number of rotatable bonds is 2. The molecule has 6 heteroatoms. The second-order valence-corrected chi connectivity index (χ2v) is 7.50. The van der Waals surface area contributed by atoms with Gasteiger partial charge in [-0.05, 0) is 31.7 Å². The van der Waals surface area contributed by atoms with Crippen molar-refractivity contribution >= 4 is 32.3 Å². The predicted octanol–water partition coefficient (Wildman–Crippen LogP) is -0.0359. The fourth-order valence-electron chi connectivity index (χ4n) is 3.43. The summed E-state index contributed by atoms with van der Waals surface area (Å²) < 4.78 is 37.3. The predicted molar refractivity (Wildman–Crippen MR) is 84.9 cm³/mol. The summed E-state index contributed by atoms with van der Waals surface area (Å²) in [4.78, 5) is -0.180. The summed E-state index contributed by atoms with van der Waals surface area (Å²) in [6, 6.07) is 9.63. The summed E-state index contributed by atoms with van der Waals surface area (Å²) in [6.07, 6.45) is 0. The van der Waals surface area contributed by atoms with Gasteiger partial charge in [-0.15, -0.1) is 16.8 Å². The van der Waals surface area contributed by atoms with Crippen molar-refractivity contribution in [1.82, 2.24) is 0 Å². The van der Waals surface area contributed by atoms with Gasteiger partial charge < -0.3 is 4.55 Å². The molecular weight excluding hydrogens is 321 g/mol. The van der Waals surface area contributed by atoms with Crippen molar-refractivity contribution < 1.29 is 47.1 Å². The van der Waals surface area contributed by atoms with E-state index in [0.717, 1.165) is 28.9 Å². The normalized spacial score (nSPS) is 16.4. The molecule has 1 aliphatic rings. The monoisotopic (exact) mass is 339 g/mol. The number of hydrogen-bond acceptors (Lipinski definition) is 3. The maximum atomic E-state index is 11.7. The van der Waals surface area contributed by atoms with Gasteiger partial charge in [-0.25, -0.2) is 0 Å². The summed E-state index contributed by atoms with van der Waals surface area (Å²) in [5.74, 6) is 0. The maximum absolute atomic E-state index is 11.7. The molecule has 0 amide bonds. The van der Waals surface area contributed by atoms with Crippen LogP contribution < -0.4 is 29.6 Å². The first kappa shape index (κ1) is 18.6. The first-order valence-electron chi connectivity index (χ1n) is 7.24. The summed E-state index contributed by atoms with van der Waals surface area (Å²) in [5.41, 5.74) is 2.71. The molecule has 0 bridgehead atoms. The molecule has 0 aromatic heterocycles. The van der Waals surface area contributed by atoms with Crippen LogP contribution in [-0.2, 0) is 15.5 Å². The van der Waals surface area contributed by atoms with Gasteiger partial charge in [-0.3, -0.25) is 8.42 Å². The van der Waals surface area contributed by atoms with Crippen molar-refractivity contribution in [3.63, 3.8) is 0 Å². The summed E-state index contributed by atoms with van der Waals surface area (Å²) in [6.45, 7) is 9.03. The van der Waals surface area contributed by atoms with Crippen LogP contribution in [0.15, 0.2) is 29.2 Å². The second kappa shape index (κ2) is 5.97. The Balaban J connectivity index is 0.00000192. The molecule has 1 aliphatic heterocycles. The average molecular weight is 339 g/mol.